The monoisotopic (exact) mass is 617 g/mol. The molecule has 0 unspecified atom stereocenters. The van der Waals surface area contributed by atoms with Crippen molar-refractivity contribution in [3.63, 3.8) is 0 Å². The summed E-state index contributed by atoms with van der Waals surface area (Å²) in [7, 11) is 0. The molecule has 178 valence electrons. The Balaban J connectivity index is 1.58. The summed E-state index contributed by atoms with van der Waals surface area (Å²) >= 11 is 13.3. The van der Waals surface area contributed by atoms with Gasteiger partial charge in [0.25, 0.3) is 5.56 Å². The van der Waals surface area contributed by atoms with Crippen LogP contribution < -0.4 is 10.3 Å². The summed E-state index contributed by atoms with van der Waals surface area (Å²) in [5.74, 6) is -0.00367. The summed E-state index contributed by atoms with van der Waals surface area (Å²) in [6, 6.07) is 15.2. The third-order valence-corrected chi connectivity index (χ3v) is 6.48. The molecule has 3 aromatic carbocycles. The number of hydrogen-bond acceptors (Lipinski definition) is 5. The zero-order chi connectivity index (χ0) is 25.1. The van der Waals surface area contributed by atoms with Gasteiger partial charge >= 0.3 is 5.97 Å². The number of rotatable bonds is 7. The van der Waals surface area contributed by atoms with E-state index < -0.39 is 5.97 Å². The summed E-state index contributed by atoms with van der Waals surface area (Å²) in [6.45, 7) is 2.12. The molecule has 0 saturated heterocycles. The molecule has 4 aromatic rings. The maximum atomic E-state index is 13.0. The van der Waals surface area contributed by atoms with E-state index in [1.807, 2.05) is 13.0 Å². The molecule has 0 aliphatic carbocycles. The van der Waals surface area contributed by atoms with E-state index in [0.29, 0.717) is 44.0 Å². The van der Waals surface area contributed by atoms with Gasteiger partial charge in [-0.2, -0.15) is 9.78 Å². The number of carbonyl (C=O) groups is 1. The summed E-state index contributed by atoms with van der Waals surface area (Å²) in [5, 5.41) is 14.2. The lowest BCUT2D eigenvalue weighted by Gasteiger charge is -2.11. The normalized spacial score (nSPS) is 11.3. The summed E-state index contributed by atoms with van der Waals surface area (Å²) in [4.78, 5) is 28.6. The molecule has 0 atom stereocenters. The van der Waals surface area contributed by atoms with Gasteiger partial charge in [0.2, 0.25) is 0 Å². The van der Waals surface area contributed by atoms with Crippen LogP contribution >= 0.6 is 43.5 Å². The van der Waals surface area contributed by atoms with Gasteiger partial charge in [0.1, 0.15) is 12.4 Å². The number of halogens is 3. The minimum Gasteiger partial charge on any atom is -0.486 e. The third-order valence-electron chi connectivity index (χ3n) is 5.12. The second-order valence-corrected chi connectivity index (χ2v) is 9.69. The number of nitrogens with zero attached hydrogens (tertiary/aromatic N) is 3. The van der Waals surface area contributed by atoms with Gasteiger partial charge in [0, 0.05) is 10.9 Å². The van der Waals surface area contributed by atoms with Gasteiger partial charge in [-0.3, -0.25) is 4.79 Å². The number of carboxylic acids is 1. The number of carboxylic acid groups (broad SMARTS) is 1. The molecule has 1 heterocycles. The standard InChI is InChI=1S/C25H18Br2ClN3O4/c1-2-22-30-21-8-7-17(26)11-18(21)24(32)31(22)29-12-15-9-19(27)23(20(28)10-15)35-13-14-3-5-16(6-4-14)25(33)34/h3-12H,2,13H2,1H3,(H,33,34). The number of aromatic carboxylic acids is 1. The zero-order valence-corrected chi connectivity index (χ0v) is 22.3. The number of ether oxygens (including phenoxy) is 1. The highest BCUT2D eigenvalue weighted by molar-refractivity contribution is 9.10. The Bertz CT molecular complexity index is 1500. The lowest BCUT2D eigenvalue weighted by atomic mass is 10.1. The molecule has 10 heteroatoms. The lowest BCUT2D eigenvalue weighted by molar-refractivity contribution is 0.0697. The first-order chi connectivity index (χ1) is 16.8. The van der Waals surface area contributed by atoms with Crippen molar-refractivity contribution in [2.45, 2.75) is 20.0 Å². The SMILES string of the molecule is CCc1nc2ccc(Br)cc2c(=O)n1N=Cc1cc(Cl)c(OCc2ccc(C(=O)O)cc2)c(Br)c1. The van der Waals surface area contributed by atoms with E-state index in [1.165, 1.54) is 23.0 Å². The lowest BCUT2D eigenvalue weighted by Crippen LogP contribution is -2.22. The maximum Gasteiger partial charge on any atom is 0.335 e. The molecule has 0 aliphatic heterocycles. The summed E-state index contributed by atoms with van der Waals surface area (Å²) in [5.41, 5.74) is 2.01. The highest BCUT2D eigenvalue weighted by atomic mass is 79.9. The van der Waals surface area contributed by atoms with E-state index in [1.54, 1.807) is 36.4 Å². The second-order valence-electron chi connectivity index (χ2n) is 7.51. The van der Waals surface area contributed by atoms with E-state index in [-0.39, 0.29) is 17.7 Å². The van der Waals surface area contributed by atoms with Crippen LogP contribution in [0.25, 0.3) is 10.9 Å². The minimum atomic E-state index is -0.985. The van der Waals surface area contributed by atoms with Gasteiger partial charge in [-0.05, 0) is 69.5 Å². The predicted molar refractivity (Wildman–Crippen MR) is 143 cm³/mol. The second kappa shape index (κ2) is 10.7. The predicted octanol–water partition coefficient (Wildman–Crippen LogP) is 6.30. The molecular weight excluding hydrogens is 602 g/mol. The van der Waals surface area contributed by atoms with Crippen LogP contribution in [0.5, 0.6) is 5.75 Å². The van der Waals surface area contributed by atoms with Crippen LogP contribution in [-0.2, 0) is 13.0 Å². The quantitative estimate of drug-likeness (QED) is 0.245. The fourth-order valence-electron chi connectivity index (χ4n) is 3.36. The van der Waals surface area contributed by atoms with E-state index >= 15 is 0 Å². The zero-order valence-electron chi connectivity index (χ0n) is 18.3. The molecule has 0 spiro atoms. The Labute approximate surface area is 222 Å². The van der Waals surface area contributed by atoms with Gasteiger partial charge in [0.15, 0.2) is 5.75 Å². The molecule has 35 heavy (non-hydrogen) atoms. The van der Waals surface area contributed by atoms with Crippen molar-refractivity contribution in [1.29, 1.82) is 0 Å². The van der Waals surface area contributed by atoms with Crippen molar-refractivity contribution in [3.05, 3.63) is 101 Å². The smallest absolute Gasteiger partial charge is 0.335 e. The first kappa shape index (κ1) is 25.1. The topological polar surface area (TPSA) is 93.8 Å². The molecule has 0 saturated carbocycles. The molecule has 7 nitrogen and oxygen atoms in total. The van der Waals surface area contributed by atoms with Gasteiger partial charge in [-0.1, -0.05) is 46.6 Å². The minimum absolute atomic E-state index is 0.205. The number of fused-ring (bicyclic) bond motifs is 1. The van der Waals surface area contributed by atoms with Crippen LogP contribution in [0.15, 0.2) is 73.4 Å². The van der Waals surface area contributed by atoms with Crippen LogP contribution in [0.4, 0.5) is 0 Å². The first-order valence-corrected chi connectivity index (χ1v) is 12.4. The Morgan fingerprint density at radius 1 is 1.17 bits per heavy atom. The van der Waals surface area contributed by atoms with Crippen molar-refractivity contribution in [1.82, 2.24) is 9.66 Å². The van der Waals surface area contributed by atoms with Crippen molar-refractivity contribution < 1.29 is 14.6 Å². The molecular formula is C25H18Br2ClN3O4. The molecule has 1 N–H and O–H groups in total. The average molecular weight is 620 g/mol. The molecule has 0 aliphatic rings. The van der Waals surface area contributed by atoms with Crippen LogP contribution in [0.1, 0.15) is 34.2 Å². The van der Waals surface area contributed by atoms with Crippen LogP contribution in [0, 0.1) is 0 Å². The molecule has 4 rings (SSSR count). The Hall–Kier alpha value is -3.01. The van der Waals surface area contributed by atoms with E-state index in [4.69, 9.17) is 21.4 Å². The van der Waals surface area contributed by atoms with Crippen LogP contribution in [0.3, 0.4) is 0 Å². The van der Waals surface area contributed by atoms with Crippen molar-refractivity contribution in [2.24, 2.45) is 5.10 Å². The summed E-state index contributed by atoms with van der Waals surface area (Å²) < 4.78 is 8.53. The number of hydrogen-bond donors (Lipinski definition) is 1. The molecule has 1 aromatic heterocycles. The molecule has 0 fully saturated rings. The van der Waals surface area contributed by atoms with Crippen molar-refractivity contribution in [2.75, 3.05) is 0 Å². The number of aromatic nitrogens is 2. The Kier molecular flexibility index (Phi) is 7.69. The first-order valence-electron chi connectivity index (χ1n) is 10.5. The fourth-order valence-corrected chi connectivity index (χ4v) is 4.71. The number of benzene rings is 3. The highest BCUT2D eigenvalue weighted by Crippen LogP contribution is 2.34. The highest BCUT2D eigenvalue weighted by Gasteiger charge is 2.12. The van der Waals surface area contributed by atoms with E-state index in [9.17, 15) is 9.59 Å². The number of aryl methyl sites for hydroxylation is 1. The average Bonchev–Trinajstić information content (AvgIpc) is 2.83. The van der Waals surface area contributed by atoms with Crippen LogP contribution in [0.2, 0.25) is 5.02 Å². The molecule has 0 amide bonds. The molecule has 0 radical (unpaired) electrons. The van der Waals surface area contributed by atoms with Crippen LogP contribution in [-0.4, -0.2) is 27.0 Å². The molecule has 0 bridgehead atoms. The fraction of sp³-hybridized carbons (Fsp3) is 0.120. The van der Waals surface area contributed by atoms with E-state index in [2.05, 4.69) is 41.9 Å². The summed E-state index contributed by atoms with van der Waals surface area (Å²) in [6.07, 6.45) is 2.07. The van der Waals surface area contributed by atoms with Crippen molar-refractivity contribution >= 4 is 66.5 Å². The largest absolute Gasteiger partial charge is 0.486 e. The van der Waals surface area contributed by atoms with Gasteiger partial charge in [-0.25, -0.2) is 9.78 Å². The maximum absolute atomic E-state index is 13.0. The third kappa shape index (κ3) is 5.63. The van der Waals surface area contributed by atoms with Gasteiger partial charge in [-0.15, -0.1) is 0 Å². The van der Waals surface area contributed by atoms with Gasteiger partial charge in [0.05, 0.1) is 32.2 Å². The Morgan fingerprint density at radius 3 is 2.57 bits per heavy atom. The van der Waals surface area contributed by atoms with E-state index in [0.717, 1.165) is 10.0 Å². The Morgan fingerprint density at radius 2 is 1.91 bits per heavy atom. The van der Waals surface area contributed by atoms with Gasteiger partial charge < -0.3 is 9.84 Å². The van der Waals surface area contributed by atoms with Crippen molar-refractivity contribution in [3.8, 4) is 5.75 Å².